The van der Waals surface area contributed by atoms with E-state index in [4.69, 9.17) is 26.2 Å². The minimum Gasteiger partial charge on any atom is -0.454 e. The summed E-state index contributed by atoms with van der Waals surface area (Å²) in [5, 5.41) is 12.7. The molecular formula is C12H16ClNO3. The molecule has 0 aromatic heterocycles. The van der Waals surface area contributed by atoms with Crippen molar-refractivity contribution in [3.63, 3.8) is 0 Å². The highest BCUT2D eigenvalue weighted by molar-refractivity contribution is 6.32. The van der Waals surface area contributed by atoms with Crippen LogP contribution in [0.15, 0.2) is 12.1 Å². The number of fused-ring (bicyclic) bond motifs is 1. The molecule has 2 N–H and O–H groups in total. The molecule has 4 nitrogen and oxygen atoms in total. The number of aliphatic hydroxyl groups is 1. The van der Waals surface area contributed by atoms with Gasteiger partial charge in [0.25, 0.3) is 0 Å². The first-order valence-electron chi connectivity index (χ1n) is 5.60. The number of hydrogen-bond donors (Lipinski definition) is 2. The molecule has 1 aromatic carbocycles. The molecule has 0 saturated heterocycles. The van der Waals surface area contributed by atoms with E-state index in [0.29, 0.717) is 23.1 Å². The van der Waals surface area contributed by atoms with Crippen LogP contribution in [0.3, 0.4) is 0 Å². The summed E-state index contributed by atoms with van der Waals surface area (Å²) in [4.78, 5) is 0. The van der Waals surface area contributed by atoms with E-state index in [9.17, 15) is 0 Å². The second-order valence-electron chi connectivity index (χ2n) is 4.23. The maximum Gasteiger partial charge on any atom is 0.231 e. The zero-order valence-electron chi connectivity index (χ0n) is 9.70. The van der Waals surface area contributed by atoms with Crippen LogP contribution in [0.4, 0.5) is 0 Å². The molecule has 1 heterocycles. The minimum absolute atomic E-state index is 0.189. The molecule has 5 heteroatoms. The zero-order valence-corrected chi connectivity index (χ0v) is 10.5. The molecule has 1 aromatic rings. The SMILES string of the molecule is CC(CO)CNCc1cc(Cl)c2c(c1)OCO2. The number of benzene rings is 1. The molecule has 0 bridgehead atoms. The second kappa shape index (κ2) is 5.58. The summed E-state index contributed by atoms with van der Waals surface area (Å²) in [6, 6.07) is 3.79. The van der Waals surface area contributed by atoms with Gasteiger partial charge in [-0.1, -0.05) is 18.5 Å². The largest absolute Gasteiger partial charge is 0.454 e. The Morgan fingerprint density at radius 2 is 2.29 bits per heavy atom. The summed E-state index contributed by atoms with van der Waals surface area (Å²) in [6.45, 7) is 3.87. The van der Waals surface area contributed by atoms with Gasteiger partial charge in [0.2, 0.25) is 6.79 Å². The van der Waals surface area contributed by atoms with Crippen molar-refractivity contribution in [2.75, 3.05) is 19.9 Å². The topological polar surface area (TPSA) is 50.7 Å². The highest BCUT2D eigenvalue weighted by Gasteiger charge is 2.18. The molecule has 0 saturated carbocycles. The molecular weight excluding hydrogens is 242 g/mol. The van der Waals surface area contributed by atoms with Crippen molar-refractivity contribution in [2.24, 2.45) is 5.92 Å². The Morgan fingerprint density at radius 3 is 3.06 bits per heavy atom. The van der Waals surface area contributed by atoms with Gasteiger partial charge in [-0.25, -0.2) is 0 Å². The Hall–Kier alpha value is -0.970. The zero-order chi connectivity index (χ0) is 12.3. The lowest BCUT2D eigenvalue weighted by molar-refractivity contribution is 0.174. The Labute approximate surface area is 105 Å². The molecule has 1 unspecified atom stereocenters. The van der Waals surface area contributed by atoms with Gasteiger partial charge in [-0.3, -0.25) is 0 Å². The lowest BCUT2D eigenvalue weighted by Gasteiger charge is -2.10. The number of nitrogens with one attached hydrogen (secondary N) is 1. The van der Waals surface area contributed by atoms with Gasteiger partial charge in [-0.05, 0) is 23.6 Å². The van der Waals surface area contributed by atoms with Crippen LogP contribution in [-0.4, -0.2) is 25.1 Å². The molecule has 2 rings (SSSR count). The molecule has 0 radical (unpaired) electrons. The Balaban J connectivity index is 1.96. The molecule has 1 atom stereocenters. The Bertz CT molecular complexity index is 398. The first-order chi connectivity index (χ1) is 8.20. The van der Waals surface area contributed by atoms with Gasteiger partial charge in [-0.15, -0.1) is 0 Å². The van der Waals surface area contributed by atoms with Crippen LogP contribution in [0, 0.1) is 5.92 Å². The van der Waals surface area contributed by atoms with Crippen LogP contribution in [0.2, 0.25) is 5.02 Å². The van der Waals surface area contributed by atoms with Crippen molar-refractivity contribution >= 4 is 11.6 Å². The summed E-state index contributed by atoms with van der Waals surface area (Å²) < 4.78 is 10.5. The predicted octanol–water partition coefficient (Wildman–Crippen LogP) is 1.79. The first-order valence-corrected chi connectivity index (χ1v) is 5.98. The third-order valence-electron chi connectivity index (χ3n) is 2.62. The van der Waals surface area contributed by atoms with Gasteiger partial charge in [0, 0.05) is 19.7 Å². The molecule has 0 aliphatic carbocycles. The highest BCUT2D eigenvalue weighted by Crippen LogP contribution is 2.39. The van der Waals surface area contributed by atoms with Gasteiger partial charge in [0.1, 0.15) is 0 Å². The van der Waals surface area contributed by atoms with Crippen LogP contribution < -0.4 is 14.8 Å². The molecule has 0 fully saturated rings. The van der Waals surface area contributed by atoms with E-state index in [1.54, 1.807) is 0 Å². The normalized spacial score (nSPS) is 15.0. The number of hydrogen-bond acceptors (Lipinski definition) is 4. The van der Waals surface area contributed by atoms with Crippen molar-refractivity contribution in [3.8, 4) is 11.5 Å². The van der Waals surface area contributed by atoms with E-state index >= 15 is 0 Å². The van der Waals surface area contributed by atoms with Gasteiger partial charge in [-0.2, -0.15) is 0 Å². The maximum absolute atomic E-state index is 8.91. The summed E-state index contributed by atoms with van der Waals surface area (Å²) >= 11 is 6.07. The smallest absolute Gasteiger partial charge is 0.231 e. The van der Waals surface area contributed by atoms with E-state index < -0.39 is 0 Å². The van der Waals surface area contributed by atoms with Crippen LogP contribution in [0.5, 0.6) is 11.5 Å². The Kier molecular flexibility index (Phi) is 4.10. The summed E-state index contributed by atoms with van der Waals surface area (Å²) in [6.07, 6.45) is 0. The fourth-order valence-electron chi connectivity index (χ4n) is 1.65. The first kappa shape index (κ1) is 12.5. The van der Waals surface area contributed by atoms with Crippen LogP contribution >= 0.6 is 11.6 Å². The van der Waals surface area contributed by atoms with Gasteiger partial charge < -0.3 is 19.9 Å². The van der Waals surface area contributed by atoms with Gasteiger partial charge in [0.05, 0.1) is 5.02 Å². The number of halogens is 1. The predicted molar refractivity (Wildman–Crippen MR) is 65.5 cm³/mol. The quantitative estimate of drug-likeness (QED) is 0.844. The van der Waals surface area contributed by atoms with E-state index in [-0.39, 0.29) is 19.3 Å². The number of aliphatic hydroxyl groups excluding tert-OH is 1. The second-order valence-corrected chi connectivity index (χ2v) is 4.64. The summed E-state index contributed by atoms with van der Waals surface area (Å²) in [5.41, 5.74) is 1.05. The molecule has 0 amide bonds. The van der Waals surface area contributed by atoms with Crippen molar-refractivity contribution in [3.05, 3.63) is 22.7 Å². The molecule has 1 aliphatic rings. The van der Waals surface area contributed by atoms with Crippen LogP contribution in [-0.2, 0) is 6.54 Å². The fourth-order valence-corrected chi connectivity index (χ4v) is 1.94. The third kappa shape index (κ3) is 3.03. The fraction of sp³-hybridized carbons (Fsp3) is 0.500. The monoisotopic (exact) mass is 257 g/mol. The summed E-state index contributed by atoms with van der Waals surface area (Å²) in [5.74, 6) is 1.57. The summed E-state index contributed by atoms with van der Waals surface area (Å²) in [7, 11) is 0. The third-order valence-corrected chi connectivity index (χ3v) is 2.90. The molecule has 17 heavy (non-hydrogen) atoms. The maximum atomic E-state index is 8.91. The van der Waals surface area contributed by atoms with Crippen LogP contribution in [0.1, 0.15) is 12.5 Å². The van der Waals surface area contributed by atoms with Crippen molar-refractivity contribution in [2.45, 2.75) is 13.5 Å². The number of ether oxygens (including phenoxy) is 2. The van der Waals surface area contributed by atoms with E-state index in [2.05, 4.69) is 5.32 Å². The highest BCUT2D eigenvalue weighted by atomic mass is 35.5. The minimum atomic E-state index is 0.189. The average Bonchev–Trinajstić information content (AvgIpc) is 2.77. The Morgan fingerprint density at radius 1 is 1.47 bits per heavy atom. The average molecular weight is 258 g/mol. The van der Waals surface area contributed by atoms with Gasteiger partial charge >= 0.3 is 0 Å². The van der Waals surface area contributed by atoms with Gasteiger partial charge in [0.15, 0.2) is 11.5 Å². The molecule has 1 aliphatic heterocycles. The van der Waals surface area contributed by atoms with E-state index in [1.807, 2.05) is 19.1 Å². The molecule has 94 valence electrons. The van der Waals surface area contributed by atoms with Crippen molar-refractivity contribution in [1.29, 1.82) is 0 Å². The molecule has 0 spiro atoms. The standard InChI is InChI=1S/C12H16ClNO3/c1-8(6-15)4-14-5-9-2-10(13)12-11(3-9)16-7-17-12/h2-3,8,14-15H,4-7H2,1H3. The number of rotatable bonds is 5. The lowest BCUT2D eigenvalue weighted by Crippen LogP contribution is -2.22. The van der Waals surface area contributed by atoms with Crippen molar-refractivity contribution < 1.29 is 14.6 Å². The van der Waals surface area contributed by atoms with Crippen LogP contribution in [0.25, 0.3) is 0 Å². The van der Waals surface area contributed by atoms with Crippen molar-refractivity contribution in [1.82, 2.24) is 5.32 Å². The van der Waals surface area contributed by atoms with E-state index in [0.717, 1.165) is 12.1 Å². The lowest BCUT2D eigenvalue weighted by atomic mass is 10.1. The van der Waals surface area contributed by atoms with E-state index in [1.165, 1.54) is 0 Å².